The monoisotopic (exact) mass is 420 g/mol. The Bertz CT molecular complexity index is 860. The first kappa shape index (κ1) is 20.8. The Hall–Kier alpha value is -1.44. The van der Waals surface area contributed by atoms with E-state index in [0.717, 1.165) is 30.4 Å². The van der Waals surface area contributed by atoms with Gasteiger partial charge in [0.2, 0.25) is 15.9 Å². The number of benzene rings is 1. The van der Waals surface area contributed by atoms with Gasteiger partial charge in [0.15, 0.2) is 0 Å². The number of sulfonamides is 1. The zero-order valence-corrected chi connectivity index (χ0v) is 18.3. The quantitative estimate of drug-likeness (QED) is 0.754. The third-order valence-corrected chi connectivity index (χ3v) is 8.83. The first-order chi connectivity index (χ1) is 13.9. The molecule has 3 aliphatic rings. The van der Waals surface area contributed by atoms with Crippen LogP contribution in [0.5, 0.6) is 0 Å². The number of piperidine rings is 1. The number of hydrogen-bond donors (Lipinski definition) is 0. The number of carbonyl (C=O) groups is 1. The third kappa shape index (κ3) is 4.09. The van der Waals surface area contributed by atoms with E-state index in [0.29, 0.717) is 44.0 Å². The maximum Gasteiger partial charge on any atom is 0.243 e. The molecule has 2 saturated heterocycles. The van der Waals surface area contributed by atoms with Crippen molar-refractivity contribution in [2.75, 3.05) is 26.2 Å². The van der Waals surface area contributed by atoms with Crippen LogP contribution in [0, 0.1) is 19.8 Å². The van der Waals surface area contributed by atoms with E-state index in [1.54, 1.807) is 16.4 Å². The maximum atomic E-state index is 13.2. The molecular formula is C22H32N2O4S. The summed E-state index contributed by atoms with van der Waals surface area (Å²) in [5.41, 5.74) is 2.06. The maximum absolute atomic E-state index is 13.2. The van der Waals surface area contributed by atoms with Crippen molar-refractivity contribution in [2.45, 2.75) is 69.4 Å². The minimum absolute atomic E-state index is 0.0816. The predicted molar refractivity (Wildman–Crippen MR) is 111 cm³/mol. The molecule has 0 aromatic heterocycles. The Morgan fingerprint density at radius 1 is 1.00 bits per heavy atom. The number of rotatable bonds is 3. The van der Waals surface area contributed by atoms with E-state index < -0.39 is 10.0 Å². The predicted octanol–water partition coefficient (Wildman–Crippen LogP) is 2.87. The van der Waals surface area contributed by atoms with Crippen molar-refractivity contribution < 1.29 is 17.9 Å². The number of aryl methyl sites for hydroxylation is 2. The van der Waals surface area contributed by atoms with Crippen LogP contribution < -0.4 is 0 Å². The molecule has 0 spiro atoms. The molecule has 1 amide bonds. The lowest BCUT2D eigenvalue weighted by atomic mass is 9.88. The molecule has 0 bridgehead atoms. The molecule has 2 atom stereocenters. The van der Waals surface area contributed by atoms with Gasteiger partial charge in [-0.15, -0.1) is 0 Å². The number of nitrogens with zero attached hydrogens (tertiary/aromatic N) is 2. The molecule has 160 valence electrons. The second-order valence-electron chi connectivity index (χ2n) is 8.72. The molecule has 0 radical (unpaired) electrons. The van der Waals surface area contributed by atoms with Gasteiger partial charge in [-0.1, -0.05) is 18.9 Å². The van der Waals surface area contributed by atoms with Gasteiger partial charge >= 0.3 is 0 Å². The summed E-state index contributed by atoms with van der Waals surface area (Å²) in [6.07, 6.45) is 5.78. The number of morpholine rings is 1. The summed E-state index contributed by atoms with van der Waals surface area (Å²) in [7, 11) is -3.51. The number of ether oxygens (including phenoxy) is 1. The Kier molecular flexibility index (Phi) is 6.00. The minimum atomic E-state index is -3.51. The van der Waals surface area contributed by atoms with E-state index in [4.69, 9.17) is 4.74 Å². The second kappa shape index (κ2) is 8.36. The van der Waals surface area contributed by atoms with E-state index in [1.807, 2.05) is 24.8 Å². The summed E-state index contributed by atoms with van der Waals surface area (Å²) in [6.45, 7) is 6.01. The molecule has 0 N–H and O–H groups in total. The van der Waals surface area contributed by atoms with Crippen molar-refractivity contribution in [3.63, 3.8) is 0 Å². The highest BCUT2D eigenvalue weighted by Gasteiger charge is 2.40. The first-order valence-corrected chi connectivity index (χ1v) is 12.3. The van der Waals surface area contributed by atoms with Crippen LogP contribution in [0.4, 0.5) is 0 Å². The first-order valence-electron chi connectivity index (χ1n) is 10.9. The van der Waals surface area contributed by atoms with E-state index in [1.165, 1.54) is 6.42 Å². The summed E-state index contributed by atoms with van der Waals surface area (Å²) in [4.78, 5) is 15.6. The lowest BCUT2D eigenvalue weighted by Crippen LogP contribution is -2.57. The largest absolute Gasteiger partial charge is 0.374 e. The Morgan fingerprint density at radius 2 is 1.72 bits per heavy atom. The summed E-state index contributed by atoms with van der Waals surface area (Å²) in [5.74, 6) is 0.121. The molecular weight excluding hydrogens is 388 g/mol. The molecule has 29 heavy (non-hydrogen) atoms. The van der Waals surface area contributed by atoms with Crippen molar-refractivity contribution in [1.29, 1.82) is 0 Å². The van der Waals surface area contributed by atoms with Crippen LogP contribution in [-0.4, -0.2) is 61.9 Å². The number of hydrogen-bond acceptors (Lipinski definition) is 4. The fourth-order valence-corrected chi connectivity index (χ4v) is 6.53. The zero-order valence-electron chi connectivity index (χ0n) is 17.5. The van der Waals surface area contributed by atoms with E-state index >= 15 is 0 Å². The normalized spacial score (nSPS) is 26.9. The number of carbonyl (C=O) groups excluding carboxylic acids is 1. The molecule has 7 heteroatoms. The molecule has 2 aliphatic heterocycles. The summed E-state index contributed by atoms with van der Waals surface area (Å²) in [6, 6.07) is 5.50. The van der Waals surface area contributed by atoms with Gasteiger partial charge in [0.05, 0.1) is 23.6 Å². The highest BCUT2D eigenvalue weighted by molar-refractivity contribution is 7.89. The van der Waals surface area contributed by atoms with Gasteiger partial charge in [0.1, 0.15) is 0 Å². The average molecular weight is 421 g/mol. The van der Waals surface area contributed by atoms with Crippen molar-refractivity contribution in [3.05, 3.63) is 29.3 Å². The van der Waals surface area contributed by atoms with E-state index in [9.17, 15) is 13.2 Å². The fourth-order valence-electron chi connectivity index (χ4n) is 4.97. The fraction of sp³-hybridized carbons (Fsp3) is 0.682. The van der Waals surface area contributed by atoms with E-state index in [2.05, 4.69) is 0 Å². The van der Waals surface area contributed by atoms with Crippen LogP contribution in [0.3, 0.4) is 0 Å². The Balaban J connectivity index is 1.41. The smallest absolute Gasteiger partial charge is 0.243 e. The molecule has 4 rings (SSSR count). The van der Waals surface area contributed by atoms with Gasteiger partial charge in [-0.05, 0) is 62.8 Å². The van der Waals surface area contributed by atoms with Crippen molar-refractivity contribution in [3.8, 4) is 0 Å². The van der Waals surface area contributed by atoms with Crippen LogP contribution in [-0.2, 0) is 19.6 Å². The summed E-state index contributed by atoms with van der Waals surface area (Å²) >= 11 is 0. The van der Waals surface area contributed by atoms with Gasteiger partial charge in [0.25, 0.3) is 0 Å². The van der Waals surface area contributed by atoms with Crippen molar-refractivity contribution in [2.24, 2.45) is 5.92 Å². The standard InChI is InChI=1S/C22H32N2O4S/c1-16-7-8-19(15-17(16)2)29(26,27)23-11-9-18(10-12-23)22(25)24-13-14-28-21-6-4-3-5-20(21)24/h7-8,15,18,20-21H,3-6,9-14H2,1-2H3. The lowest BCUT2D eigenvalue weighted by Gasteiger charge is -2.45. The third-order valence-electron chi connectivity index (χ3n) is 6.93. The second-order valence-corrected chi connectivity index (χ2v) is 10.7. The van der Waals surface area contributed by atoms with Crippen molar-refractivity contribution in [1.82, 2.24) is 9.21 Å². The van der Waals surface area contributed by atoms with Crippen LogP contribution in [0.25, 0.3) is 0 Å². The molecule has 1 saturated carbocycles. The summed E-state index contributed by atoms with van der Waals surface area (Å²) in [5, 5.41) is 0. The number of fused-ring (bicyclic) bond motifs is 1. The molecule has 1 aromatic carbocycles. The van der Waals surface area contributed by atoms with Gasteiger partial charge in [-0.2, -0.15) is 4.31 Å². The summed E-state index contributed by atoms with van der Waals surface area (Å²) < 4.78 is 33.5. The van der Waals surface area contributed by atoms with Crippen LogP contribution in [0.15, 0.2) is 23.1 Å². The van der Waals surface area contributed by atoms with Gasteiger partial charge in [0, 0.05) is 25.6 Å². The number of amides is 1. The molecule has 1 aromatic rings. The molecule has 6 nitrogen and oxygen atoms in total. The van der Waals surface area contributed by atoms with Crippen LogP contribution in [0.1, 0.15) is 49.7 Å². The van der Waals surface area contributed by atoms with Crippen LogP contribution >= 0.6 is 0 Å². The highest BCUT2D eigenvalue weighted by Crippen LogP contribution is 2.32. The van der Waals surface area contributed by atoms with Crippen LogP contribution in [0.2, 0.25) is 0 Å². The van der Waals surface area contributed by atoms with Gasteiger partial charge in [-0.3, -0.25) is 4.79 Å². The SMILES string of the molecule is Cc1ccc(S(=O)(=O)N2CCC(C(=O)N3CCOC4CCCCC43)CC2)cc1C. The molecule has 1 aliphatic carbocycles. The van der Waals surface area contributed by atoms with E-state index in [-0.39, 0.29) is 24.0 Å². The zero-order chi connectivity index (χ0) is 20.6. The highest BCUT2D eigenvalue weighted by atomic mass is 32.2. The average Bonchev–Trinajstić information content (AvgIpc) is 2.74. The molecule has 2 unspecified atom stereocenters. The lowest BCUT2D eigenvalue weighted by molar-refractivity contribution is -0.154. The Morgan fingerprint density at radius 3 is 2.45 bits per heavy atom. The topological polar surface area (TPSA) is 66.9 Å². The van der Waals surface area contributed by atoms with Gasteiger partial charge in [-0.25, -0.2) is 8.42 Å². The Labute approximate surface area is 174 Å². The molecule has 3 fully saturated rings. The molecule has 2 heterocycles. The van der Waals surface area contributed by atoms with Gasteiger partial charge < -0.3 is 9.64 Å². The minimum Gasteiger partial charge on any atom is -0.374 e. The van der Waals surface area contributed by atoms with Crippen molar-refractivity contribution >= 4 is 15.9 Å².